The van der Waals surface area contributed by atoms with Gasteiger partial charge in [0.1, 0.15) is 5.82 Å². The Morgan fingerprint density at radius 1 is 1.42 bits per heavy atom. The maximum Gasteiger partial charge on any atom is 0.132 e. The smallest absolute Gasteiger partial charge is 0.132 e. The lowest BCUT2D eigenvalue weighted by atomic mass is 10.1. The van der Waals surface area contributed by atoms with Crippen molar-refractivity contribution in [2.45, 2.75) is 26.0 Å². The van der Waals surface area contributed by atoms with E-state index in [-0.39, 0.29) is 5.82 Å². The molecule has 2 nitrogen and oxygen atoms in total. The lowest BCUT2D eigenvalue weighted by Gasteiger charge is -2.05. The Hall–Kier alpha value is -1.23. The minimum absolute atomic E-state index is 0.196. The number of hydrogen-bond donors (Lipinski definition) is 1. The molecule has 2 N–H and O–H groups in total. The van der Waals surface area contributed by atoms with Crippen molar-refractivity contribution in [3.05, 3.63) is 47.1 Å². The van der Waals surface area contributed by atoms with Gasteiger partial charge in [0.15, 0.2) is 0 Å². The summed E-state index contributed by atoms with van der Waals surface area (Å²) in [4.78, 5) is 1.00. The third kappa shape index (κ3) is 3.21. The molecular weight excluding hydrogens is 261 g/mol. The number of rotatable bonds is 7. The average molecular weight is 279 g/mol. The van der Waals surface area contributed by atoms with Crippen LogP contribution in [0.15, 0.2) is 30.9 Å². The largest absolute Gasteiger partial charge is 0.377 e. The second-order valence-electron chi connectivity index (χ2n) is 4.30. The van der Waals surface area contributed by atoms with Crippen LogP contribution in [0, 0.1) is 5.82 Å². The Morgan fingerprint density at radius 2 is 2.26 bits per heavy atom. The standard InChI is InChI=1S/C15H18FNOS/c1-2-3-4-8-18-10-11-14(9-17)19-13-7-5-6-12(16)15(11)13/h2,5-7H,1,3-4,8-10,17H2. The molecule has 0 saturated carbocycles. The van der Waals surface area contributed by atoms with Crippen LogP contribution in [0.1, 0.15) is 23.3 Å². The fraction of sp³-hybridized carbons (Fsp3) is 0.333. The van der Waals surface area contributed by atoms with Gasteiger partial charge in [0.2, 0.25) is 0 Å². The summed E-state index contributed by atoms with van der Waals surface area (Å²) >= 11 is 1.55. The van der Waals surface area contributed by atoms with Gasteiger partial charge in [-0.1, -0.05) is 12.1 Å². The predicted molar refractivity (Wildman–Crippen MR) is 78.8 cm³/mol. The van der Waals surface area contributed by atoms with Crippen molar-refractivity contribution in [1.29, 1.82) is 0 Å². The molecule has 1 heterocycles. The number of halogens is 1. The lowest BCUT2D eigenvalue weighted by Crippen LogP contribution is -2.01. The number of benzene rings is 1. The summed E-state index contributed by atoms with van der Waals surface area (Å²) in [6.07, 6.45) is 3.74. The molecule has 0 aliphatic rings. The van der Waals surface area contributed by atoms with Crippen LogP contribution in [0.4, 0.5) is 4.39 Å². The minimum Gasteiger partial charge on any atom is -0.377 e. The van der Waals surface area contributed by atoms with E-state index in [0.29, 0.717) is 25.1 Å². The molecule has 0 aliphatic carbocycles. The van der Waals surface area contributed by atoms with Gasteiger partial charge in [-0.15, -0.1) is 17.9 Å². The van der Waals surface area contributed by atoms with E-state index in [2.05, 4.69) is 6.58 Å². The third-order valence-corrected chi connectivity index (χ3v) is 4.20. The summed E-state index contributed by atoms with van der Waals surface area (Å²) in [6, 6.07) is 5.13. The highest BCUT2D eigenvalue weighted by molar-refractivity contribution is 7.19. The van der Waals surface area contributed by atoms with Gasteiger partial charge in [-0.3, -0.25) is 0 Å². The molecule has 102 valence electrons. The first kappa shape index (κ1) is 14.2. The van der Waals surface area contributed by atoms with Gasteiger partial charge >= 0.3 is 0 Å². The van der Waals surface area contributed by atoms with Crippen molar-refractivity contribution in [3.63, 3.8) is 0 Å². The molecule has 0 saturated heterocycles. The molecule has 0 radical (unpaired) electrons. The zero-order valence-corrected chi connectivity index (χ0v) is 11.6. The Kier molecular flexibility index (Phi) is 5.07. The molecule has 19 heavy (non-hydrogen) atoms. The molecule has 2 aromatic rings. The summed E-state index contributed by atoms with van der Waals surface area (Å²) in [6.45, 7) is 5.16. The van der Waals surface area contributed by atoms with E-state index in [1.807, 2.05) is 12.1 Å². The Balaban J connectivity index is 2.18. The molecule has 0 atom stereocenters. The van der Waals surface area contributed by atoms with Crippen molar-refractivity contribution in [3.8, 4) is 0 Å². The highest BCUT2D eigenvalue weighted by atomic mass is 32.1. The molecule has 1 aromatic heterocycles. The molecule has 2 rings (SSSR count). The number of nitrogens with two attached hydrogens (primary N) is 1. The van der Waals surface area contributed by atoms with E-state index in [1.165, 1.54) is 6.07 Å². The van der Waals surface area contributed by atoms with Crippen LogP contribution in [-0.4, -0.2) is 6.61 Å². The van der Waals surface area contributed by atoms with Crippen molar-refractivity contribution in [2.75, 3.05) is 6.61 Å². The molecule has 0 fully saturated rings. The first-order valence-electron chi connectivity index (χ1n) is 6.35. The minimum atomic E-state index is -0.196. The Bertz CT molecular complexity index is 565. The number of allylic oxidation sites excluding steroid dienone is 1. The number of ether oxygens (including phenoxy) is 1. The first-order valence-corrected chi connectivity index (χ1v) is 7.17. The second-order valence-corrected chi connectivity index (χ2v) is 5.44. The average Bonchev–Trinajstić information content (AvgIpc) is 2.78. The summed E-state index contributed by atoms with van der Waals surface area (Å²) < 4.78 is 20.5. The Labute approximate surface area is 116 Å². The topological polar surface area (TPSA) is 35.2 Å². The van der Waals surface area contributed by atoms with Crippen molar-refractivity contribution < 1.29 is 9.13 Å². The fourth-order valence-electron chi connectivity index (χ4n) is 2.04. The second kappa shape index (κ2) is 6.80. The van der Waals surface area contributed by atoms with Gasteiger partial charge in [-0.2, -0.15) is 0 Å². The highest BCUT2D eigenvalue weighted by Crippen LogP contribution is 2.33. The van der Waals surface area contributed by atoms with Crippen molar-refractivity contribution in [1.82, 2.24) is 0 Å². The van der Waals surface area contributed by atoms with E-state index in [4.69, 9.17) is 10.5 Å². The molecule has 4 heteroatoms. The molecular formula is C15H18FNOS. The number of thiophene rings is 1. The quantitative estimate of drug-likeness (QED) is 0.614. The van der Waals surface area contributed by atoms with Crippen LogP contribution in [0.3, 0.4) is 0 Å². The number of hydrogen-bond acceptors (Lipinski definition) is 3. The maximum atomic E-state index is 13.9. The molecule has 0 spiro atoms. The normalized spacial score (nSPS) is 11.1. The van der Waals surface area contributed by atoms with E-state index < -0.39 is 0 Å². The van der Waals surface area contributed by atoms with Crippen LogP contribution >= 0.6 is 11.3 Å². The van der Waals surface area contributed by atoms with E-state index >= 15 is 0 Å². The van der Waals surface area contributed by atoms with Crippen molar-refractivity contribution >= 4 is 21.4 Å². The molecule has 0 amide bonds. The Morgan fingerprint density at radius 3 is 3.00 bits per heavy atom. The molecule has 0 bridgehead atoms. The zero-order chi connectivity index (χ0) is 13.7. The van der Waals surface area contributed by atoms with Crippen LogP contribution in [0.5, 0.6) is 0 Å². The van der Waals surface area contributed by atoms with Crippen LogP contribution < -0.4 is 5.73 Å². The van der Waals surface area contributed by atoms with Crippen LogP contribution in [-0.2, 0) is 17.9 Å². The monoisotopic (exact) mass is 279 g/mol. The summed E-state index contributed by atoms with van der Waals surface area (Å²) in [5, 5.41) is 0.664. The highest BCUT2D eigenvalue weighted by Gasteiger charge is 2.14. The number of fused-ring (bicyclic) bond motifs is 1. The number of unbranched alkanes of at least 4 members (excludes halogenated alkanes) is 1. The summed E-state index contributed by atoms with van der Waals surface area (Å²) in [5.74, 6) is -0.196. The van der Waals surface area contributed by atoms with Crippen LogP contribution in [0.25, 0.3) is 10.1 Å². The molecule has 1 aromatic carbocycles. The van der Waals surface area contributed by atoms with Gasteiger partial charge in [0.05, 0.1) is 6.61 Å². The zero-order valence-electron chi connectivity index (χ0n) is 10.8. The third-order valence-electron chi connectivity index (χ3n) is 2.98. The van der Waals surface area contributed by atoms with E-state index in [0.717, 1.165) is 28.0 Å². The van der Waals surface area contributed by atoms with Gasteiger partial charge < -0.3 is 10.5 Å². The van der Waals surface area contributed by atoms with Crippen LogP contribution in [0.2, 0.25) is 0 Å². The van der Waals surface area contributed by atoms with Gasteiger partial charge in [0, 0.05) is 33.7 Å². The summed E-state index contributed by atoms with van der Waals surface area (Å²) in [7, 11) is 0. The van der Waals surface area contributed by atoms with Gasteiger partial charge in [-0.25, -0.2) is 4.39 Å². The van der Waals surface area contributed by atoms with Gasteiger partial charge in [-0.05, 0) is 25.0 Å². The lowest BCUT2D eigenvalue weighted by molar-refractivity contribution is 0.119. The van der Waals surface area contributed by atoms with Gasteiger partial charge in [0.25, 0.3) is 0 Å². The fourth-order valence-corrected chi connectivity index (χ4v) is 3.14. The van der Waals surface area contributed by atoms with Crippen molar-refractivity contribution in [2.24, 2.45) is 5.73 Å². The maximum absolute atomic E-state index is 13.9. The van der Waals surface area contributed by atoms with E-state index in [9.17, 15) is 4.39 Å². The summed E-state index contributed by atoms with van der Waals surface area (Å²) in [5.41, 5.74) is 6.64. The first-order chi connectivity index (χ1) is 9.27. The van der Waals surface area contributed by atoms with E-state index in [1.54, 1.807) is 17.4 Å². The predicted octanol–water partition coefficient (Wildman–Crippen LogP) is 3.98. The SMILES string of the molecule is C=CCCCOCc1c(CN)sc2cccc(F)c12. The molecule has 0 unspecified atom stereocenters. The molecule has 0 aliphatic heterocycles.